The van der Waals surface area contributed by atoms with Crippen molar-refractivity contribution >= 4 is 54.2 Å². The van der Waals surface area contributed by atoms with Crippen molar-refractivity contribution in [3.63, 3.8) is 0 Å². The van der Waals surface area contributed by atoms with Gasteiger partial charge in [-0.1, -0.05) is 0 Å². The molecule has 86 valence electrons. The average molecular weight is 372 g/mol. The SMILES string of the molecule is CN(C)C(=O)[Te]/C=C\c1c(Cl)cccc1Cl. The number of amides is 1. The molecule has 0 unspecified atom stereocenters. The van der Waals surface area contributed by atoms with Gasteiger partial charge in [-0.2, -0.15) is 0 Å². The number of benzene rings is 1. The van der Waals surface area contributed by atoms with Crippen LogP contribution in [0.3, 0.4) is 0 Å². The van der Waals surface area contributed by atoms with E-state index in [-0.39, 0.29) is 3.96 Å². The van der Waals surface area contributed by atoms with E-state index < -0.39 is 20.9 Å². The number of halogens is 2. The summed E-state index contributed by atoms with van der Waals surface area (Å²) in [4.78, 5) is 13.0. The van der Waals surface area contributed by atoms with Crippen molar-refractivity contribution in [3.05, 3.63) is 37.9 Å². The van der Waals surface area contributed by atoms with Gasteiger partial charge in [-0.3, -0.25) is 0 Å². The fourth-order valence-electron chi connectivity index (χ4n) is 0.936. The topological polar surface area (TPSA) is 20.3 Å². The van der Waals surface area contributed by atoms with Crippen LogP contribution in [-0.2, 0) is 0 Å². The summed E-state index contributed by atoms with van der Waals surface area (Å²) in [7, 11) is 3.51. The summed E-state index contributed by atoms with van der Waals surface area (Å²) in [6.07, 6.45) is 1.83. The maximum absolute atomic E-state index is 11.4. The number of hydrogen-bond acceptors (Lipinski definition) is 1. The fraction of sp³-hybridized carbons (Fsp3) is 0.182. The van der Waals surface area contributed by atoms with Crippen molar-refractivity contribution in [1.82, 2.24) is 4.90 Å². The molecule has 0 aromatic heterocycles. The summed E-state index contributed by atoms with van der Waals surface area (Å²) in [5.41, 5.74) is 0.780. The van der Waals surface area contributed by atoms with Gasteiger partial charge in [0.05, 0.1) is 0 Å². The van der Waals surface area contributed by atoms with Crippen LogP contribution in [0, 0.1) is 0 Å². The van der Waals surface area contributed by atoms with Crippen molar-refractivity contribution in [2.45, 2.75) is 0 Å². The zero-order valence-corrected chi connectivity index (χ0v) is 12.7. The van der Waals surface area contributed by atoms with Gasteiger partial charge in [-0.25, -0.2) is 0 Å². The van der Waals surface area contributed by atoms with Crippen molar-refractivity contribution in [3.8, 4) is 0 Å². The Balaban J connectivity index is 2.74. The van der Waals surface area contributed by atoms with Crippen molar-refractivity contribution < 1.29 is 4.79 Å². The summed E-state index contributed by atoms with van der Waals surface area (Å²) in [5.74, 6) is 0. The number of nitrogens with zero attached hydrogens (tertiary/aromatic N) is 1. The van der Waals surface area contributed by atoms with Gasteiger partial charge in [0.25, 0.3) is 0 Å². The summed E-state index contributed by atoms with van der Waals surface area (Å²) in [6, 6.07) is 5.35. The van der Waals surface area contributed by atoms with Gasteiger partial charge in [0, 0.05) is 0 Å². The molecule has 2 nitrogen and oxygen atoms in total. The second kappa shape index (κ2) is 6.51. The van der Waals surface area contributed by atoms with Crippen LogP contribution in [0.4, 0.5) is 4.79 Å². The third-order valence-electron chi connectivity index (χ3n) is 1.77. The number of hydrogen-bond donors (Lipinski definition) is 0. The van der Waals surface area contributed by atoms with Crippen LogP contribution in [0.25, 0.3) is 6.08 Å². The Bertz CT molecular complexity index is 398. The molecule has 0 aliphatic rings. The average Bonchev–Trinajstić information content (AvgIpc) is 2.22. The van der Waals surface area contributed by atoms with Crippen molar-refractivity contribution in [2.75, 3.05) is 14.1 Å². The number of carbonyl (C=O) groups excluding carboxylic acids is 1. The van der Waals surface area contributed by atoms with E-state index in [0.717, 1.165) is 5.56 Å². The van der Waals surface area contributed by atoms with Gasteiger partial charge in [-0.15, -0.1) is 0 Å². The molecule has 0 atom stereocenters. The van der Waals surface area contributed by atoms with E-state index in [1.165, 1.54) is 0 Å². The number of carbonyl (C=O) groups is 1. The standard InChI is InChI=1S/C11H11Cl2NOTe/c1-14(2)11(15)16-7-6-8-9(12)4-3-5-10(8)13/h3-7H,1-2H3/b7-6-. The van der Waals surface area contributed by atoms with Gasteiger partial charge >= 0.3 is 116 Å². The Morgan fingerprint density at radius 1 is 1.31 bits per heavy atom. The molecular formula is C11H11Cl2NOTe. The first-order chi connectivity index (χ1) is 7.52. The predicted octanol–water partition coefficient (Wildman–Crippen LogP) is 3.35. The minimum absolute atomic E-state index is 0.171. The van der Waals surface area contributed by atoms with Crippen LogP contribution in [0.1, 0.15) is 5.56 Å². The molecule has 0 saturated carbocycles. The summed E-state index contributed by atoms with van der Waals surface area (Å²) in [5, 5.41) is 1.21. The van der Waals surface area contributed by atoms with E-state index in [9.17, 15) is 4.79 Å². The zero-order valence-electron chi connectivity index (χ0n) is 8.91. The Hall–Kier alpha value is -0.200. The number of rotatable bonds is 3. The molecule has 0 N–H and O–H groups in total. The Morgan fingerprint density at radius 3 is 2.38 bits per heavy atom. The van der Waals surface area contributed by atoms with Crippen LogP contribution in [0.2, 0.25) is 10.0 Å². The van der Waals surface area contributed by atoms with Crippen LogP contribution >= 0.6 is 23.2 Å². The quantitative estimate of drug-likeness (QED) is 0.746. The Labute approximate surface area is 115 Å². The Morgan fingerprint density at radius 2 is 1.88 bits per heavy atom. The molecule has 1 rings (SSSR count). The normalized spacial score (nSPS) is 10.8. The molecular weight excluding hydrogens is 361 g/mol. The second-order valence-electron chi connectivity index (χ2n) is 3.22. The van der Waals surface area contributed by atoms with Crippen LogP contribution in [-0.4, -0.2) is 43.9 Å². The summed E-state index contributed by atoms with van der Waals surface area (Å²) >= 11 is 11.2. The first kappa shape index (κ1) is 13.9. The second-order valence-corrected chi connectivity index (χ2v) is 6.48. The molecule has 1 aromatic carbocycles. The van der Waals surface area contributed by atoms with Crippen LogP contribution < -0.4 is 0 Å². The molecule has 5 heteroatoms. The van der Waals surface area contributed by atoms with Gasteiger partial charge in [-0.05, 0) is 0 Å². The third-order valence-corrected chi connectivity index (χ3v) is 4.82. The van der Waals surface area contributed by atoms with E-state index >= 15 is 0 Å². The molecule has 0 aliphatic carbocycles. The van der Waals surface area contributed by atoms with Crippen molar-refractivity contribution in [2.24, 2.45) is 0 Å². The van der Waals surface area contributed by atoms with E-state index in [0.29, 0.717) is 10.0 Å². The molecule has 0 bridgehead atoms. The van der Waals surface area contributed by atoms with E-state index in [4.69, 9.17) is 23.2 Å². The van der Waals surface area contributed by atoms with E-state index in [1.54, 1.807) is 37.2 Å². The van der Waals surface area contributed by atoms with Crippen LogP contribution in [0.15, 0.2) is 22.3 Å². The molecule has 0 aliphatic heterocycles. The molecule has 1 aromatic rings. The van der Waals surface area contributed by atoms with Gasteiger partial charge in [0.2, 0.25) is 0 Å². The molecule has 0 spiro atoms. The minimum atomic E-state index is -0.819. The monoisotopic (exact) mass is 373 g/mol. The van der Waals surface area contributed by atoms with Crippen molar-refractivity contribution in [1.29, 1.82) is 0 Å². The third kappa shape index (κ3) is 3.99. The molecule has 0 radical (unpaired) electrons. The maximum atomic E-state index is 11.4. The van der Waals surface area contributed by atoms with E-state index in [2.05, 4.69) is 0 Å². The molecule has 0 saturated heterocycles. The molecule has 16 heavy (non-hydrogen) atoms. The predicted molar refractivity (Wildman–Crippen MR) is 70.3 cm³/mol. The first-order valence-electron chi connectivity index (χ1n) is 4.51. The fourth-order valence-corrected chi connectivity index (χ4v) is 2.98. The van der Waals surface area contributed by atoms with Gasteiger partial charge in [0.1, 0.15) is 0 Å². The summed E-state index contributed by atoms with van der Waals surface area (Å²) in [6.45, 7) is 0. The Kier molecular flexibility index (Phi) is 5.64. The molecule has 1 amide bonds. The van der Waals surface area contributed by atoms with Crippen LogP contribution in [0.5, 0.6) is 0 Å². The van der Waals surface area contributed by atoms with Gasteiger partial charge in [0.15, 0.2) is 0 Å². The van der Waals surface area contributed by atoms with E-state index in [1.807, 2.05) is 10.2 Å². The van der Waals surface area contributed by atoms with Gasteiger partial charge < -0.3 is 0 Å². The zero-order chi connectivity index (χ0) is 12.1. The molecule has 0 fully saturated rings. The molecule has 0 heterocycles. The first-order valence-corrected chi connectivity index (χ1v) is 7.77. The summed E-state index contributed by atoms with van der Waals surface area (Å²) < 4.78 is 2.06.